The zero-order valence-corrected chi connectivity index (χ0v) is 13.0. The summed E-state index contributed by atoms with van der Waals surface area (Å²) < 4.78 is 5.11. The van der Waals surface area contributed by atoms with Crippen molar-refractivity contribution in [2.75, 3.05) is 5.32 Å². The Bertz CT molecular complexity index is 766. The third kappa shape index (κ3) is 4.31. The maximum Gasteiger partial charge on any atom is 0.340 e. The number of hydrogen-bond donors (Lipinski definition) is 1. The van der Waals surface area contributed by atoms with E-state index in [0.717, 1.165) is 0 Å². The first-order valence-electron chi connectivity index (χ1n) is 6.78. The number of nitriles is 1. The van der Waals surface area contributed by atoms with Gasteiger partial charge in [-0.05, 0) is 43.3 Å². The van der Waals surface area contributed by atoms with Crippen LogP contribution in [-0.2, 0) is 9.53 Å². The molecule has 0 radical (unpaired) electrons. The normalized spacial score (nSPS) is 11.2. The number of benzene rings is 2. The van der Waals surface area contributed by atoms with Crippen molar-refractivity contribution in [3.8, 4) is 6.07 Å². The summed E-state index contributed by atoms with van der Waals surface area (Å²) in [5.41, 5.74) is 1.20. The second-order valence-corrected chi connectivity index (χ2v) is 5.11. The summed E-state index contributed by atoms with van der Waals surface area (Å²) in [6.07, 6.45) is -0.991. The summed E-state index contributed by atoms with van der Waals surface area (Å²) >= 11 is 5.91. The summed E-state index contributed by atoms with van der Waals surface area (Å²) in [5.74, 6) is -1.15. The Hall–Kier alpha value is -2.84. The minimum Gasteiger partial charge on any atom is -0.449 e. The number of amides is 1. The number of rotatable bonds is 4. The molecule has 0 aromatic heterocycles. The maximum absolute atomic E-state index is 12.0. The summed E-state index contributed by atoms with van der Waals surface area (Å²) in [7, 11) is 0. The van der Waals surface area contributed by atoms with Crippen molar-refractivity contribution in [2.45, 2.75) is 13.0 Å². The van der Waals surface area contributed by atoms with E-state index < -0.39 is 18.0 Å². The van der Waals surface area contributed by atoms with Crippen molar-refractivity contribution in [2.24, 2.45) is 0 Å². The van der Waals surface area contributed by atoms with Crippen LogP contribution in [-0.4, -0.2) is 18.0 Å². The highest BCUT2D eigenvalue weighted by molar-refractivity contribution is 6.33. The number of ether oxygens (including phenoxy) is 1. The first kappa shape index (κ1) is 16.5. The number of hydrogen-bond acceptors (Lipinski definition) is 4. The number of nitrogens with one attached hydrogen (secondary N) is 1. The third-order valence-corrected chi connectivity index (χ3v) is 3.36. The lowest BCUT2D eigenvalue weighted by Gasteiger charge is -2.14. The molecule has 0 heterocycles. The van der Waals surface area contributed by atoms with Crippen LogP contribution in [0.25, 0.3) is 0 Å². The quantitative estimate of drug-likeness (QED) is 0.872. The van der Waals surface area contributed by atoms with Crippen molar-refractivity contribution in [3.63, 3.8) is 0 Å². The Labute approximate surface area is 138 Å². The molecule has 1 atom stereocenters. The molecule has 2 aromatic rings. The van der Waals surface area contributed by atoms with Gasteiger partial charge in [0.15, 0.2) is 6.10 Å². The van der Waals surface area contributed by atoms with Crippen LogP contribution in [0, 0.1) is 11.3 Å². The topological polar surface area (TPSA) is 79.2 Å². The zero-order valence-electron chi connectivity index (χ0n) is 12.2. The van der Waals surface area contributed by atoms with E-state index in [1.807, 2.05) is 6.07 Å². The highest BCUT2D eigenvalue weighted by Gasteiger charge is 2.20. The minimum atomic E-state index is -0.991. The molecule has 1 N–H and O–H groups in total. The number of esters is 1. The molecule has 2 rings (SSSR count). The highest BCUT2D eigenvalue weighted by Crippen LogP contribution is 2.17. The van der Waals surface area contributed by atoms with Crippen LogP contribution in [0.2, 0.25) is 5.02 Å². The average molecular weight is 329 g/mol. The molecule has 0 saturated carbocycles. The van der Waals surface area contributed by atoms with Crippen LogP contribution in [0.15, 0.2) is 48.5 Å². The molecular formula is C17H13ClN2O3. The predicted molar refractivity (Wildman–Crippen MR) is 86.1 cm³/mol. The predicted octanol–water partition coefficient (Wildman–Crippen LogP) is 3.40. The Kier molecular flexibility index (Phi) is 5.34. The van der Waals surface area contributed by atoms with E-state index >= 15 is 0 Å². The summed E-state index contributed by atoms with van der Waals surface area (Å²) in [6, 6.07) is 14.8. The second-order valence-electron chi connectivity index (χ2n) is 4.71. The molecule has 0 spiro atoms. The molecule has 5 nitrogen and oxygen atoms in total. The molecule has 0 fully saturated rings. The molecule has 0 aliphatic rings. The van der Waals surface area contributed by atoms with E-state index in [-0.39, 0.29) is 10.6 Å². The maximum atomic E-state index is 12.0. The molecule has 116 valence electrons. The van der Waals surface area contributed by atoms with Gasteiger partial charge in [0, 0.05) is 5.69 Å². The lowest BCUT2D eigenvalue weighted by molar-refractivity contribution is -0.123. The third-order valence-electron chi connectivity index (χ3n) is 3.03. The van der Waals surface area contributed by atoms with Gasteiger partial charge in [-0.15, -0.1) is 0 Å². The molecular weight excluding hydrogens is 316 g/mol. The fraction of sp³-hybridized carbons (Fsp3) is 0.118. The molecule has 6 heteroatoms. The van der Waals surface area contributed by atoms with Crippen LogP contribution in [0.3, 0.4) is 0 Å². The van der Waals surface area contributed by atoms with Crippen molar-refractivity contribution in [1.29, 1.82) is 5.26 Å². The van der Waals surface area contributed by atoms with Crippen LogP contribution in [0.4, 0.5) is 5.69 Å². The molecule has 2 aromatic carbocycles. The highest BCUT2D eigenvalue weighted by atomic mass is 35.5. The SMILES string of the molecule is C[C@@H](OC(=O)c1ccccc1Cl)C(=O)Nc1ccc(C#N)cc1. The minimum absolute atomic E-state index is 0.201. The number of halogens is 1. The van der Waals surface area contributed by atoms with Gasteiger partial charge in [-0.1, -0.05) is 23.7 Å². The second kappa shape index (κ2) is 7.43. The lowest BCUT2D eigenvalue weighted by Crippen LogP contribution is -2.30. The van der Waals surface area contributed by atoms with Crippen LogP contribution in [0.1, 0.15) is 22.8 Å². The molecule has 0 unspecified atom stereocenters. The van der Waals surface area contributed by atoms with E-state index in [9.17, 15) is 9.59 Å². The number of anilines is 1. The van der Waals surface area contributed by atoms with Crippen molar-refractivity contribution in [1.82, 2.24) is 0 Å². The smallest absolute Gasteiger partial charge is 0.340 e. The Morgan fingerprint density at radius 3 is 2.43 bits per heavy atom. The first-order chi connectivity index (χ1) is 11.0. The molecule has 0 bridgehead atoms. The van der Waals surface area contributed by atoms with Crippen LogP contribution in [0.5, 0.6) is 0 Å². The van der Waals surface area contributed by atoms with E-state index in [1.165, 1.54) is 13.0 Å². The Morgan fingerprint density at radius 2 is 1.83 bits per heavy atom. The molecule has 23 heavy (non-hydrogen) atoms. The van der Waals surface area contributed by atoms with E-state index in [2.05, 4.69) is 5.32 Å². The fourth-order valence-electron chi connectivity index (χ4n) is 1.78. The molecule has 0 saturated heterocycles. The fourth-order valence-corrected chi connectivity index (χ4v) is 1.99. The first-order valence-corrected chi connectivity index (χ1v) is 7.15. The summed E-state index contributed by atoms with van der Waals surface area (Å²) in [4.78, 5) is 24.0. The van der Waals surface area contributed by atoms with Crippen molar-refractivity contribution >= 4 is 29.2 Å². The van der Waals surface area contributed by atoms with Gasteiger partial charge >= 0.3 is 5.97 Å². The van der Waals surface area contributed by atoms with E-state index in [1.54, 1.807) is 42.5 Å². The van der Waals surface area contributed by atoms with Crippen molar-refractivity contribution in [3.05, 3.63) is 64.7 Å². The van der Waals surface area contributed by atoms with E-state index in [0.29, 0.717) is 11.3 Å². The number of carbonyl (C=O) groups excluding carboxylic acids is 2. The van der Waals surface area contributed by atoms with Gasteiger partial charge < -0.3 is 10.1 Å². The summed E-state index contributed by atoms with van der Waals surface area (Å²) in [5, 5.41) is 11.6. The molecule has 1 amide bonds. The average Bonchev–Trinajstić information content (AvgIpc) is 2.55. The standard InChI is InChI=1S/C17H13ClN2O3/c1-11(23-17(22)14-4-2-3-5-15(14)18)16(21)20-13-8-6-12(10-19)7-9-13/h2-9,11H,1H3,(H,20,21)/t11-/m1/s1. The van der Waals surface area contributed by atoms with Gasteiger partial charge in [0.25, 0.3) is 5.91 Å². The van der Waals surface area contributed by atoms with Gasteiger partial charge in [0.2, 0.25) is 0 Å². The molecule has 0 aliphatic carbocycles. The van der Waals surface area contributed by atoms with Gasteiger partial charge in [-0.3, -0.25) is 4.79 Å². The van der Waals surface area contributed by atoms with Crippen LogP contribution < -0.4 is 5.32 Å². The monoisotopic (exact) mass is 328 g/mol. The van der Waals surface area contributed by atoms with Gasteiger partial charge in [0.1, 0.15) is 0 Å². The number of carbonyl (C=O) groups is 2. The van der Waals surface area contributed by atoms with Crippen LogP contribution >= 0.6 is 11.6 Å². The summed E-state index contributed by atoms with van der Waals surface area (Å²) in [6.45, 7) is 1.47. The van der Waals surface area contributed by atoms with Crippen molar-refractivity contribution < 1.29 is 14.3 Å². The zero-order chi connectivity index (χ0) is 16.8. The Morgan fingerprint density at radius 1 is 1.17 bits per heavy atom. The Balaban J connectivity index is 1.98. The molecule has 0 aliphatic heterocycles. The van der Waals surface area contributed by atoms with E-state index in [4.69, 9.17) is 21.6 Å². The van der Waals surface area contributed by atoms with Gasteiger partial charge in [-0.2, -0.15) is 5.26 Å². The van der Waals surface area contributed by atoms with Gasteiger partial charge in [0.05, 0.1) is 22.2 Å². The largest absolute Gasteiger partial charge is 0.449 e. The number of nitrogens with zero attached hydrogens (tertiary/aromatic N) is 1. The lowest BCUT2D eigenvalue weighted by atomic mass is 10.2. The van der Waals surface area contributed by atoms with Gasteiger partial charge in [-0.25, -0.2) is 4.79 Å².